The van der Waals surface area contributed by atoms with Gasteiger partial charge in [0.05, 0.1) is 5.56 Å². The van der Waals surface area contributed by atoms with Crippen LogP contribution in [-0.2, 0) is 12.6 Å². The van der Waals surface area contributed by atoms with E-state index in [1.807, 2.05) is 6.07 Å². The van der Waals surface area contributed by atoms with Gasteiger partial charge in [-0.25, -0.2) is 0 Å². The number of hydrogen-bond acceptors (Lipinski definition) is 3. The van der Waals surface area contributed by atoms with Crippen LogP contribution in [-0.4, -0.2) is 50.7 Å². The van der Waals surface area contributed by atoms with Gasteiger partial charge in [0.15, 0.2) is 0 Å². The van der Waals surface area contributed by atoms with Crippen molar-refractivity contribution in [3.05, 3.63) is 64.7 Å². The number of hydrogen-bond donors (Lipinski definition) is 1. The third-order valence-corrected chi connectivity index (χ3v) is 6.68. The second-order valence-electron chi connectivity index (χ2n) is 8.87. The number of anilines is 1. The Hall–Kier alpha value is -2.05. The van der Waals surface area contributed by atoms with Gasteiger partial charge in [-0.3, -0.25) is 0 Å². The number of piperazine rings is 1. The molecule has 2 heterocycles. The fourth-order valence-corrected chi connectivity index (χ4v) is 4.78. The average molecular weight is 432 g/mol. The van der Waals surface area contributed by atoms with Crippen molar-refractivity contribution >= 4 is 5.69 Å². The molecule has 0 amide bonds. The van der Waals surface area contributed by atoms with Crippen LogP contribution in [0, 0.1) is 6.92 Å². The number of rotatable bonds is 6. The molecule has 0 aliphatic carbocycles. The van der Waals surface area contributed by atoms with Gasteiger partial charge in [-0.15, -0.1) is 0 Å². The van der Waals surface area contributed by atoms with Gasteiger partial charge in [-0.2, -0.15) is 13.2 Å². The predicted octanol–water partition coefficient (Wildman–Crippen LogP) is 4.85. The van der Waals surface area contributed by atoms with Crippen LogP contribution in [0.3, 0.4) is 0 Å². The lowest BCUT2D eigenvalue weighted by Crippen LogP contribution is -2.43. The van der Waals surface area contributed by atoms with E-state index in [0.29, 0.717) is 11.6 Å². The van der Waals surface area contributed by atoms with E-state index < -0.39 is 11.7 Å². The number of halogens is 3. The van der Waals surface area contributed by atoms with Crippen LogP contribution in [0.2, 0.25) is 0 Å². The molecule has 2 saturated heterocycles. The molecule has 1 unspecified atom stereocenters. The Morgan fingerprint density at radius 2 is 1.74 bits per heavy atom. The molecule has 2 fully saturated rings. The Kier molecular flexibility index (Phi) is 6.87. The standard InChI is InChI=1S/C25H32F3N3/c1-19-4-9-23(17-24(19)25(26,27)28)31-14-10-22(18-31)21-7-5-20(6-8-21)3-2-13-30-15-11-29-12-16-30/h4-9,17,22,29H,2-3,10-16,18H2,1H3. The van der Waals surface area contributed by atoms with E-state index in [1.54, 1.807) is 6.07 Å². The molecule has 0 aromatic heterocycles. The summed E-state index contributed by atoms with van der Waals surface area (Å²) in [7, 11) is 0. The van der Waals surface area contributed by atoms with Crippen LogP contribution in [0.5, 0.6) is 0 Å². The zero-order valence-electron chi connectivity index (χ0n) is 18.2. The molecule has 4 rings (SSSR count). The lowest BCUT2D eigenvalue weighted by Gasteiger charge is -2.27. The van der Waals surface area contributed by atoms with Crippen molar-refractivity contribution in [2.24, 2.45) is 0 Å². The molecule has 1 N–H and O–H groups in total. The van der Waals surface area contributed by atoms with Crippen molar-refractivity contribution in [3.63, 3.8) is 0 Å². The highest BCUT2D eigenvalue weighted by atomic mass is 19.4. The van der Waals surface area contributed by atoms with E-state index in [9.17, 15) is 13.2 Å². The molecule has 6 heteroatoms. The molecule has 168 valence electrons. The average Bonchev–Trinajstić information content (AvgIpc) is 3.25. The third-order valence-electron chi connectivity index (χ3n) is 6.68. The van der Waals surface area contributed by atoms with Crippen LogP contribution >= 0.6 is 0 Å². The first kappa shape index (κ1) is 22.2. The van der Waals surface area contributed by atoms with Crippen LogP contribution in [0.1, 0.15) is 41.0 Å². The van der Waals surface area contributed by atoms with E-state index in [4.69, 9.17) is 0 Å². The largest absolute Gasteiger partial charge is 0.416 e. The predicted molar refractivity (Wildman–Crippen MR) is 120 cm³/mol. The topological polar surface area (TPSA) is 18.5 Å². The second kappa shape index (κ2) is 9.61. The summed E-state index contributed by atoms with van der Waals surface area (Å²) < 4.78 is 39.8. The van der Waals surface area contributed by atoms with Gasteiger partial charge in [0, 0.05) is 50.9 Å². The van der Waals surface area contributed by atoms with Crippen LogP contribution in [0.25, 0.3) is 0 Å². The normalized spacial score (nSPS) is 20.4. The van der Waals surface area contributed by atoms with Crippen molar-refractivity contribution < 1.29 is 13.2 Å². The molecule has 1 atom stereocenters. The smallest absolute Gasteiger partial charge is 0.371 e. The van der Waals surface area contributed by atoms with Crippen LogP contribution < -0.4 is 10.2 Å². The molecule has 31 heavy (non-hydrogen) atoms. The monoisotopic (exact) mass is 431 g/mol. The summed E-state index contributed by atoms with van der Waals surface area (Å²) in [4.78, 5) is 4.61. The maximum Gasteiger partial charge on any atom is 0.416 e. The fourth-order valence-electron chi connectivity index (χ4n) is 4.78. The molecule has 2 aliphatic heterocycles. The molecular weight excluding hydrogens is 399 g/mol. The molecule has 2 aromatic carbocycles. The Morgan fingerprint density at radius 1 is 1.00 bits per heavy atom. The summed E-state index contributed by atoms with van der Waals surface area (Å²) in [6.07, 6.45) is -1.08. The van der Waals surface area contributed by atoms with Gasteiger partial charge >= 0.3 is 6.18 Å². The first-order valence-corrected chi connectivity index (χ1v) is 11.3. The summed E-state index contributed by atoms with van der Waals surface area (Å²) in [5.74, 6) is 0.366. The Bertz CT molecular complexity index is 857. The van der Waals surface area contributed by atoms with Crippen molar-refractivity contribution in [3.8, 4) is 0 Å². The summed E-state index contributed by atoms with van der Waals surface area (Å²) in [6, 6.07) is 13.6. The SMILES string of the molecule is Cc1ccc(N2CCC(c3ccc(CCCN4CCNCC4)cc3)C2)cc1C(F)(F)F. The minimum Gasteiger partial charge on any atom is -0.371 e. The summed E-state index contributed by atoms with van der Waals surface area (Å²) in [5, 5.41) is 3.39. The molecule has 2 aromatic rings. The Morgan fingerprint density at radius 3 is 2.45 bits per heavy atom. The van der Waals surface area contributed by atoms with Gasteiger partial charge in [0.25, 0.3) is 0 Å². The second-order valence-corrected chi connectivity index (χ2v) is 8.87. The van der Waals surface area contributed by atoms with Gasteiger partial charge in [0.2, 0.25) is 0 Å². The molecule has 0 bridgehead atoms. The molecule has 0 spiro atoms. The number of nitrogens with one attached hydrogen (secondary N) is 1. The Balaban J connectivity index is 1.32. The van der Waals surface area contributed by atoms with Crippen molar-refractivity contribution in [1.82, 2.24) is 10.2 Å². The van der Waals surface area contributed by atoms with Gasteiger partial charge in [0.1, 0.15) is 0 Å². The first-order chi connectivity index (χ1) is 14.9. The number of nitrogens with zero attached hydrogens (tertiary/aromatic N) is 2. The molecule has 2 aliphatic rings. The van der Waals surface area contributed by atoms with Crippen molar-refractivity contribution in [2.75, 3.05) is 50.7 Å². The highest BCUT2D eigenvalue weighted by molar-refractivity contribution is 5.53. The maximum atomic E-state index is 13.3. The molecular formula is C25H32F3N3. The Labute approximate surface area is 183 Å². The maximum absolute atomic E-state index is 13.3. The summed E-state index contributed by atoms with van der Waals surface area (Å²) in [6.45, 7) is 8.69. The zero-order chi connectivity index (χ0) is 21.8. The van der Waals surface area contributed by atoms with Gasteiger partial charge in [-0.05, 0) is 61.6 Å². The number of alkyl halides is 3. The lowest BCUT2D eigenvalue weighted by molar-refractivity contribution is -0.138. The summed E-state index contributed by atoms with van der Waals surface area (Å²) >= 11 is 0. The van der Waals surface area contributed by atoms with Crippen LogP contribution in [0.15, 0.2) is 42.5 Å². The highest BCUT2D eigenvalue weighted by Crippen LogP contribution is 2.37. The van der Waals surface area contributed by atoms with E-state index in [2.05, 4.69) is 39.4 Å². The fraction of sp³-hybridized carbons (Fsp3) is 0.520. The first-order valence-electron chi connectivity index (χ1n) is 11.3. The van der Waals surface area contributed by atoms with E-state index in [-0.39, 0.29) is 5.56 Å². The van der Waals surface area contributed by atoms with Gasteiger partial charge < -0.3 is 15.1 Å². The highest BCUT2D eigenvalue weighted by Gasteiger charge is 2.33. The third kappa shape index (κ3) is 5.60. The zero-order valence-corrected chi connectivity index (χ0v) is 18.2. The minimum absolute atomic E-state index is 0.277. The van der Waals surface area contributed by atoms with Crippen LogP contribution in [0.4, 0.5) is 18.9 Å². The van der Waals surface area contributed by atoms with E-state index in [0.717, 1.165) is 58.7 Å². The molecule has 0 radical (unpaired) electrons. The molecule has 0 saturated carbocycles. The van der Waals surface area contributed by atoms with E-state index >= 15 is 0 Å². The number of benzene rings is 2. The van der Waals surface area contributed by atoms with E-state index in [1.165, 1.54) is 30.5 Å². The quantitative estimate of drug-likeness (QED) is 0.706. The van der Waals surface area contributed by atoms with Crippen molar-refractivity contribution in [1.29, 1.82) is 0 Å². The molecule has 3 nitrogen and oxygen atoms in total. The van der Waals surface area contributed by atoms with Crippen molar-refractivity contribution in [2.45, 2.75) is 38.3 Å². The minimum atomic E-state index is -4.31. The summed E-state index contributed by atoms with van der Waals surface area (Å²) in [5.41, 5.74) is 3.07. The number of aryl methyl sites for hydroxylation is 2. The van der Waals surface area contributed by atoms with Gasteiger partial charge in [-0.1, -0.05) is 30.3 Å². The lowest BCUT2D eigenvalue weighted by atomic mass is 9.96.